The highest BCUT2D eigenvalue weighted by atomic mass is 19.1. The van der Waals surface area contributed by atoms with Gasteiger partial charge in [-0.25, -0.2) is 14.0 Å². The number of benzene rings is 2. The molecule has 0 aliphatic carbocycles. The van der Waals surface area contributed by atoms with E-state index in [1.54, 1.807) is 36.7 Å². The molecule has 2 aromatic heterocycles. The van der Waals surface area contributed by atoms with E-state index in [9.17, 15) is 14.0 Å². The highest BCUT2D eigenvalue weighted by Gasteiger charge is 2.26. The van der Waals surface area contributed by atoms with Crippen molar-refractivity contribution in [3.63, 3.8) is 0 Å². The minimum absolute atomic E-state index is 0.0283. The van der Waals surface area contributed by atoms with Gasteiger partial charge in [0.25, 0.3) is 0 Å². The van der Waals surface area contributed by atoms with E-state index in [0.29, 0.717) is 28.0 Å². The van der Waals surface area contributed by atoms with Gasteiger partial charge in [0.1, 0.15) is 28.5 Å². The van der Waals surface area contributed by atoms with Crippen LogP contribution in [-0.4, -0.2) is 23.2 Å². The van der Waals surface area contributed by atoms with Crippen LogP contribution in [0.4, 0.5) is 20.6 Å². The standard InChI is InChI=1S/C24H20FN3O5/c1-13(2)31-20-11-17-19(12-18(20)28-16-7-9-27-10-8-16)32-22(14-3-5-15(25)6-4-14)21(17)23(29)33-24(26)30/h3-13H,1-2H3,(H2,26,30)(H,27,28). The molecule has 33 heavy (non-hydrogen) atoms. The molecular formula is C24H20FN3O5. The first kappa shape index (κ1) is 21.8. The highest BCUT2D eigenvalue weighted by molar-refractivity contribution is 6.12. The van der Waals surface area contributed by atoms with E-state index < -0.39 is 17.9 Å². The van der Waals surface area contributed by atoms with Crippen LogP contribution < -0.4 is 15.8 Å². The Kier molecular flexibility index (Phi) is 5.95. The van der Waals surface area contributed by atoms with Gasteiger partial charge in [-0.15, -0.1) is 0 Å². The molecule has 0 saturated heterocycles. The second-order valence-corrected chi connectivity index (χ2v) is 7.39. The monoisotopic (exact) mass is 449 g/mol. The summed E-state index contributed by atoms with van der Waals surface area (Å²) in [5.74, 6) is -0.903. The Hall–Kier alpha value is -4.40. The van der Waals surface area contributed by atoms with Crippen molar-refractivity contribution in [1.82, 2.24) is 4.98 Å². The first-order valence-corrected chi connectivity index (χ1v) is 10.0. The van der Waals surface area contributed by atoms with Crippen LogP contribution in [0.5, 0.6) is 5.75 Å². The number of carbonyl (C=O) groups excluding carboxylic acids is 2. The molecule has 2 heterocycles. The number of hydrogen-bond donors (Lipinski definition) is 2. The van der Waals surface area contributed by atoms with Crippen molar-refractivity contribution in [3.05, 3.63) is 72.3 Å². The zero-order chi connectivity index (χ0) is 23.5. The molecule has 9 heteroatoms. The van der Waals surface area contributed by atoms with Gasteiger partial charge < -0.3 is 24.9 Å². The second-order valence-electron chi connectivity index (χ2n) is 7.39. The Balaban J connectivity index is 1.92. The summed E-state index contributed by atoms with van der Waals surface area (Å²) in [6.45, 7) is 3.73. The Labute approximate surface area is 188 Å². The van der Waals surface area contributed by atoms with E-state index in [1.165, 1.54) is 24.3 Å². The third-order valence-electron chi connectivity index (χ3n) is 4.62. The number of primary amides is 1. The first-order valence-electron chi connectivity index (χ1n) is 10.0. The molecule has 0 atom stereocenters. The van der Waals surface area contributed by atoms with E-state index >= 15 is 0 Å². The maximum atomic E-state index is 13.5. The summed E-state index contributed by atoms with van der Waals surface area (Å²) in [5, 5.41) is 3.59. The lowest BCUT2D eigenvalue weighted by Crippen LogP contribution is -2.18. The van der Waals surface area contributed by atoms with Crippen LogP contribution in [-0.2, 0) is 4.74 Å². The summed E-state index contributed by atoms with van der Waals surface area (Å²) in [5.41, 5.74) is 7.10. The number of fused-ring (bicyclic) bond motifs is 1. The van der Waals surface area contributed by atoms with Crippen molar-refractivity contribution >= 4 is 34.4 Å². The molecular weight excluding hydrogens is 429 g/mol. The van der Waals surface area contributed by atoms with E-state index in [4.69, 9.17) is 14.9 Å². The van der Waals surface area contributed by atoms with Crippen molar-refractivity contribution < 1.29 is 27.9 Å². The zero-order valence-corrected chi connectivity index (χ0v) is 17.8. The Bertz CT molecular complexity index is 1320. The van der Waals surface area contributed by atoms with Crippen molar-refractivity contribution in [2.45, 2.75) is 20.0 Å². The number of nitrogens with zero attached hydrogens (tertiary/aromatic N) is 1. The fraction of sp³-hybridized carbons (Fsp3) is 0.125. The summed E-state index contributed by atoms with van der Waals surface area (Å²) in [6.07, 6.45) is 1.85. The second kappa shape index (κ2) is 8.99. The number of esters is 1. The summed E-state index contributed by atoms with van der Waals surface area (Å²) in [7, 11) is 0. The minimum atomic E-state index is -1.26. The van der Waals surface area contributed by atoms with Gasteiger partial charge >= 0.3 is 12.1 Å². The molecule has 0 unspecified atom stereocenters. The van der Waals surface area contributed by atoms with Gasteiger partial charge in [-0.1, -0.05) is 0 Å². The molecule has 3 N–H and O–H groups in total. The van der Waals surface area contributed by atoms with Gasteiger partial charge in [0.15, 0.2) is 0 Å². The van der Waals surface area contributed by atoms with Gasteiger partial charge in [0.2, 0.25) is 0 Å². The summed E-state index contributed by atoms with van der Waals surface area (Å²) in [4.78, 5) is 28.0. The predicted molar refractivity (Wildman–Crippen MR) is 120 cm³/mol. The first-order chi connectivity index (χ1) is 15.8. The molecule has 0 fully saturated rings. The lowest BCUT2D eigenvalue weighted by Gasteiger charge is -2.16. The quantitative estimate of drug-likeness (QED) is 0.299. The van der Waals surface area contributed by atoms with Gasteiger partial charge in [0, 0.05) is 35.1 Å². The van der Waals surface area contributed by atoms with Crippen LogP contribution in [0.3, 0.4) is 0 Å². The number of anilines is 2. The number of aromatic nitrogens is 1. The number of carbonyl (C=O) groups is 2. The lowest BCUT2D eigenvalue weighted by atomic mass is 10.0. The highest BCUT2D eigenvalue weighted by Crippen LogP contribution is 2.40. The predicted octanol–water partition coefficient (Wildman–Crippen LogP) is 5.40. The molecule has 0 aliphatic heterocycles. The minimum Gasteiger partial charge on any atom is -0.489 e. The smallest absolute Gasteiger partial charge is 0.412 e. The number of amides is 1. The van der Waals surface area contributed by atoms with Crippen molar-refractivity contribution in [2.75, 3.05) is 5.32 Å². The fourth-order valence-electron chi connectivity index (χ4n) is 3.31. The normalized spacial score (nSPS) is 10.9. The summed E-state index contributed by atoms with van der Waals surface area (Å²) in [6, 6.07) is 12.2. The van der Waals surface area contributed by atoms with Crippen LogP contribution in [0.25, 0.3) is 22.3 Å². The number of nitrogens with two attached hydrogens (primary N) is 1. The van der Waals surface area contributed by atoms with Crippen LogP contribution in [0, 0.1) is 5.82 Å². The third kappa shape index (κ3) is 4.77. The Morgan fingerprint density at radius 1 is 1.09 bits per heavy atom. The third-order valence-corrected chi connectivity index (χ3v) is 4.62. The number of hydrogen-bond acceptors (Lipinski definition) is 7. The summed E-state index contributed by atoms with van der Waals surface area (Å²) >= 11 is 0. The molecule has 0 radical (unpaired) electrons. The molecule has 8 nitrogen and oxygen atoms in total. The van der Waals surface area contributed by atoms with Gasteiger partial charge in [0.05, 0.1) is 11.8 Å². The molecule has 0 saturated carbocycles. The number of furan rings is 1. The Morgan fingerprint density at radius 2 is 1.79 bits per heavy atom. The van der Waals surface area contributed by atoms with E-state index in [0.717, 1.165) is 5.69 Å². The molecule has 4 aromatic rings. The van der Waals surface area contributed by atoms with Gasteiger partial charge in [-0.2, -0.15) is 0 Å². The van der Waals surface area contributed by atoms with Crippen molar-refractivity contribution in [2.24, 2.45) is 5.73 Å². The number of pyridine rings is 1. The molecule has 0 aliphatic rings. The molecule has 2 aromatic carbocycles. The number of halogens is 1. The van der Waals surface area contributed by atoms with Crippen molar-refractivity contribution in [1.29, 1.82) is 0 Å². The van der Waals surface area contributed by atoms with Crippen LogP contribution >= 0.6 is 0 Å². The molecule has 0 bridgehead atoms. The fourth-order valence-corrected chi connectivity index (χ4v) is 3.31. The van der Waals surface area contributed by atoms with Crippen LogP contribution in [0.1, 0.15) is 24.2 Å². The topological polar surface area (TPSA) is 117 Å². The maximum absolute atomic E-state index is 13.5. The van der Waals surface area contributed by atoms with E-state index in [1.807, 2.05) is 13.8 Å². The Morgan fingerprint density at radius 3 is 2.42 bits per heavy atom. The van der Waals surface area contributed by atoms with Crippen molar-refractivity contribution in [3.8, 4) is 17.1 Å². The van der Waals surface area contributed by atoms with Gasteiger partial charge in [-0.05, 0) is 56.3 Å². The average molecular weight is 449 g/mol. The van der Waals surface area contributed by atoms with Crippen LogP contribution in [0.15, 0.2) is 65.3 Å². The molecule has 168 valence electrons. The molecule has 4 rings (SSSR count). The largest absolute Gasteiger partial charge is 0.489 e. The average Bonchev–Trinajstić information content (AvgIpc) is 3.12. The number of nitrogens with one attached hydrogen (secondary N) is 1. The molecule has 1 amide bonds. The number of rotatable bonds is 6. The van der Waals surface area contributed by atoms with Gasteiger partial charge in [-0.3, -0.25) is 4.98 Å². The van der Waals surface area contributed by atoms with Crippen LogP contribution in [0.2, 0.25) is 0 Å². The SMILES string of the molecule is CC(C)Oc1cc2c(C(=O)OC(N)=O)c(-c3ccc(F)cc3)oc2cc1Nc1ccncc1. The lowest BCUT2D eigenvalue weighted by molar-refractivity contribution is 0.0640. The molecule has 0 spiro atoms. The van der Waals surface area contributed by atoms with E-state index in [2.05, 4.69) is 15.0 Å². The number of ether oxygens (including phenoxy) is 2. The maximum Gasteiger partial charge on any atom is 0.412 e. The zero-order valence-electron chi connectivity index (χ0n) is 17.8. The van der Waals surface area contributed by atoms with E-state index in [-0.39, 0.29) is 17.4 Å². The summed E-state index contributed by atoms with van der Waals surface area (Å²) < 4.78 is 30.0.